The molecule has 6 heteroatoms. The van der Waals surface area contributed by atoms with Gasteiger partial charge < -0.3 is 9.80 Å². The monoisotopic (exact) mass is 337 g/mol. The maximum Gasteiger partial charge on any atom is 0.274 e. The minimum atomic E-state index is -0.0134. The molecule has 1 aliphatic heterocycles. The Labute approximate surface area is 148 Å². The topological polar surface area (TPSA) is 65.2 Å². The van der Waals surface area contributed by atoms with Gasteiger partial charge in [0.2, 0.25) is 0 Å². The summed E-state index contributed by atoms with van der Waals surface area (Å²) in [7, 11) is 3.72. The van der Waals surface area contributed by atoms with Crippen molar-refractivity contribution in [1.82, 2.24) is 14.7 Å². The van der Waals surface area contributed by atoms with E-state index in [1.165, 1.54) is 0 Å². The fourth-order valence-corrected chi connectivity index (χ4v) is 3.27. The number of carbonyl (C=O) groups is 1. The number of aryl methyl sites for hydroxylation is 2. The van der Waals surface area contributed by atoms with E-state index in [0.717, 1.165) is 37.3 Å². The van der Waals surface area contributed by atoms with Gasteiger partial charge in [0.1, 0.15) is 0 Å². The second-order valence-electron chi connectivity index (χ2n) is 6.59. The van der Waals surface area contributed by atoms with E-state index in [0.29, 0.717) is 11.3 Å². The van der Waals surface area contributed by atoms with Crippen LogP contribution in [0.4, 0.5) is 5.69 Å². The summed E-state index contributed by atoms with van der Waals surface area (Å²) in [4.78, 5) is 16.8. The molecule has 2 heterocycles. The first-order chi connectivity index (χ1) is 12.0. The minimum Gasteiger partial charge on any atom is -0.371 e. The van der Waals surface area contributed by atoms with Crippen LogP contribution in [0.1, 0.15) is 34.6 Å². The summed E-state index contributed by atoms with van der Waals surface area (Å²) < 4.78 is 1.73. The lowest BCUT2D eigenvalue weighted by atomic mass is 10.0. The van der Waals surface area contributed by atoms with E-state index in [-0.39, 0.29) is 11.9 Å². The summed E-state index contributed by atoms with van der Waals surface area (Å²) in [6, 6.07) is 11.9. The molecular formula is C19H23N5O. The molecule has 0 spiro atoms. The Morgan fingerprint density at radius 2 is 1.92 bits per heavy atom. The molecule has 1 saturated heterocycles. The van der Waals surface area contributed by atoms with E-state index in [2.05, 4.69) is 16.1 Å². The van der Waals surface area contributed by atoms with Gasteiger partial charge in [0.25, 0.3) is 5.91 Å². The molecule has 1 amide bonds. The highest BCUT2D eigenvalue weighted by atomic mass is 16.2. The first-order valence-corrected chi connectivity index (χ1v) is 8.52. The van der Waals surface area contributed by atoms with Gasteiger partial charge in [0.05, 0.1) is 11.6 Å². The lowest BCUT2D eigenvalue weighted by Gasteiger charge is -2.37. The molecule has 0 radical (unpaired) electrons. The van der Waals surface area contributed by atoms with Gasteiger partial charge in [-0.05, 0) is 50.1 Å². The fraction of sp³-hybridized carbons (Fsp3) is 0.421. The second-order valence-corrected chi connectivity index (χ2v) is 6.59. The van der Waals surface area contributed by atoms with Crippen LogP contribution in [0.2, 0.25) is 0 Å². The van der Waals surface area contributed by atoms with Crippen LogP contribution in [0, 0.1) is 18.3 Å². The predicted octanol–water partition coefficient (Wildman–Crippen LogP) is 2.34. The zero-order valence-electron chi connectivity index (χ0n) is 14.9. The van der Waals surface area contributed by atoms with Crippen molar-refractivity contribution < 1.29 is 4.79 Å². The molecule has 0 N–H and O–H groups in total. The van der Waals surface area contributed by atoms with Crippen molar-refractivity contribution in [3.63, 3.8) is 0 Å². The van der Waals surface area contributed by atoms with Gasteiger partial charge in [-0.1, -0.05) is 0 Å². The van der Waals surface area contributed by atoms with Gasteiger partial charge in [-0.25, -0.2) is 0 Å². The van der Waals surface area contributed by atoms with Crippen LogP contribution in [-0.4, -0.2) is 46.8 Å². The maximum absolute atomic E-state index is 12.6. The third kappa shape index (κ3) is 3.50. The van der Waals surface area contributed by atoms with E-state index >= 15 is 0 Å². The molecule has 3 rings (SSSR count). The normalized spacial score (nSPS) is 15.0. The number of benzene rings is 1. The number of nitrogens with zero attached hydrogens (tertiary/aromatic N) is 5. The Morgan fingerprint density at radius 3 is 2.44 bits per heavy atom. The highest BCUT2D eigenvalue weighted by Gasteiger charge is 2.27. The van der Waals surface area contributed by atoms with Crippen LogP contribution in [0.15, 0.2) is 30.3 Å². The van der Waals surface area contributed by atoms with Crippen LogP contribution < -0.4 is 4.90 Å². The molecular weight excluding hydrogens is 314 g/mol. The molecule has 6 nitrogen and oxygen atoms in total. The number of hydrogen-bond donors (Lipinski definition) is 0. The summed E-state index contributed by atoms with van der Waals surface area (Å²) in [6.45, 7) is 3.74. The van der Waals surface area contributed by atoms with Crippen LogP contribution >= 0.6 is 0 Å². The Hall–Kier alpha value is -2.81. The van der Waals surface area contributed by atoms with Gasteiger partial charge in [0, 0.05) is 44.6 Å². The summed E-state index contributed by atoms with van der Waals surface area (Å²) in [5.74, 6) is -0.0134. The van der Waals surface area contributed by atoms with Crippen LogP contribution in [0.25, 0.3) is 0 Å². The highest BCUT2D eigenvalue weighted by molar-refractivity contribution is 5.92. The fourth-order valence-electron chi connectivity index (χ4n) is 3.27. The van der Waals surface area contributed by atoms with Gasteiger partial charge in [-0.3, -0.25) is 9.48 Å². The zero-order valence-corrected chi connectivity index (χ0v) is 14.9. The predicted molar refractivity (Wildman–Crippen MR) is 96.4 cm³/mol. The largest absolute Gasteiger partial charge is 0.371 e. The van der Waals surface area contributed by atoms with E-state index in [1.54, 1.807) is 4.68 Å². The maximum atomic E-state index is 12.6. The van der Waals surface area contributed by atoms with Crippen molar-refractivity contribution in [1.29, 1.82) is 5.26 Å². The van der Waals surface area contributed by atoms with E-state index in [4.69, 9.17) is 5.26 Å². The standard InChI is InChI=1S/C19H23N5O/c1-14-12-18(21-23(14)3)19(25)22(2)16-8-10-24(11-9-16)17-6-4-15(13-20)5-7-17/h4-7,12,16H,8-11H2,1-3H3. The Kier molecular flexibility index (Phi) is 4.75. The quantitative estimate of drug-likeness (QED) is 0.862. The second kappa shape index (κ2) is 6.98. The third-order valence-electron chi connectivity index (χ3n) is 5.03. The average molecular weight is 337 g/mol. The number of piperidine rings is 1. The number of rotatable bonds is 3. The number of hydrogen-bond acceptors (Lipinski definition) is 4. The molecule has 25 heavy (non-hydrogen) atoms. The first-order valence-electron chi connectivity index (χ1n) is 8.52. The molecule has 0 bridgehead atoms. The van der Waals surface area contributed by atoms with Crippen molar-refractivity contribution in [2.24, 2.45) is 7.05 Å². The third-order valence-corrected chi connectivity index (χ3v) is 5.03. The molecule has 2 aromatic rings. The molecule has 1 aromatic carbocycles. The molecule has 1 aromatic heterocycles. The highest BCUT2D eigenvalue weighted by Crippen LogP contribution is 2.23. The molecule has 1 aliphatic rings. The van der Waals surface area contributed by atoms with Crippen LogP contribution in [-0.2, 0) is 7.05 Å². The lowest BCUT2D eigenvalue weighted by Crippen LogP contribution is -2.45. The smallest absolute Gasteiger partial charge is 0.274 e. The molecule has 0 atom stereocenters. The van der Waals surface area contributed by atoms with E-state index in [9.17, 15) is 4.79 Å². The Bertz CT molecular complexity index is 775. The van der Waals surface area contributed by atoms with Crippen molar-refractivity contribution in [2.45, 2.75) is 25.8 Å². The zero-order chi connectivity index (χ0) is 18.0. The van der Waals surface area contributed by atoms with Crippen LogP contribution in [0.5, 0.6) is 0 Å². The van der Waals surface area contributed by atoms with Crippen molar-refractivity contribution in [2.75, 3.05) is 25.0 Å². The summed E-state index contributed by atoms with van der Waals surface area (Å²) in [5.41, 5.74) is 3.30. The first kappa shape index (κ1) is 17.0. The summed E-state index contributed by atoms with van der Waals surface area (Å²) in [6.07, 6.45) is 1.85. The van der Waals surface area contributed by atoms with Crippen LogP contribution in [0.3, 0.4) is 0 Å². The summed E-state index contributed by atoms with van der Waals surface area (Å²) >= 11 is 0. The lowest BCUT2D eigenvalue weighted by molar-refractivity contribution is 0.0702. The van der Waals surface area contributed by atoms with E-state index < -0.39 is 0 Å². The number of aromatic nitrogens is 2. The molecule has 1 fully saturated rings. The average Bonchev–Trinajstić information content (AvgIpc) is 2.99. The SMILES string of the molecule is Cc1cc(C(=O)N(C)C2CCN(c3ccc(C#N)cc3)CC2)nn1C. The summed E-state index contributed by atoms with van der Waals surface area (Å²) in [5, 5.41) is 13.2. The minimum absolute atomic E-state index is 0.0134. The van der Waals surface area contributed by atoms with Gasteiger partial charge >= 0.3 is 0 Å². The number of amides is 1. The van der Waals surface area contributed by atoms with Gasteiger partial charge in [0.15, 0.2) is 5.69 Å². The Morgan fingerprint density at radius 1 is 1.28 bits per heavy atom. The van der Waals surface area contributed by atoms with Gasteiger partial charge in [-0.15, -0.1) is 0 Å². The van der Waals surface area contributed by atoms with Gasteiger partial charge in [-0.2, -0.15) is 10.4 Å². The van der Waals surface area contributed by atoms with E-state index in [1.807, 2.05) is 56.3 Å². The molecule has 130 valence electrons. The molecule has 0 aliphatic carbocycles. The number of anilines is 1. The number of carbonyl (C=O) groups excluding carboxylic acids is 1. The molecule has 0 unspecified atom stereocenters. The number of nitriles is 1. The van der Waals surface area contributed by atoms with Crippen molar-refractivity contribution in [3.8, 4) is 6.07 Å². The van der Waals surface area contributed by atoms with Crippen molar-refractivity contribution >= 4 is 11.6 Å². The van der Waals surface area contributed by atoms with Crippen molar-refractivity contribution in [3.05, 3.63) is 47.3 Å². The Balaban J connectivity index is 1.61. The molecule has 0 saturated carbocycles.